The highest BCUT2D eigenvalue weighted by molar-refractivity contribution is 5.74. The maximum atomic E-state index is 12.2. The molecule has 1 aliphatic rings. The number of rotatable bonds is 5. The van der Waals surface area contributed by atoms with Gasteiger partial charge in [-0.3, -0.25) is 0 Å². The Morgan fingerprint density at radius 3 is 2.52 bits per heavy atom. The summed E-state index contributed by atoms with van der Waals surface area (Å²) in [4.78, 5) is 12.2. The van der Waals surface area contributed by atoms with Crippen molar-refractivity contribution in [3.8, 4) is 5.75 Å². The predicted octanol–water partition coefficient (Wildman–Crippen LogP) is 4.89. The molecule has 2 aromatic carbocycles. The number of nitrogens with one attached hydrogen (secondary N) is 2. The van der Waals surface area contributed by atoms with E-state index in [9.17, 15) is 4.79 Å². The molecule has 0 radical (unpaired) electrons. The summed E-state index contributed by atoms with van der Waals surface area (Å²) in [6.45, 7) is 8.27. The Hall–Kier alpha value is -2.49. The molecule has 0 saturated carbocycles. The second kappa shape index (κ2) is 8.47. The molecule has 27 heavy (non-hydrogen) atoms. The van der Waals surface area contributed by atoms with Crippen molar-refractivity contribution in [1.29, 1.82) is 0 Å². The van der Waals surface area contributed by atoms with Crippen molar-refractivity contribution < 1.29 is 9.53 Å². The van der Waals surface area contributed by atoms with Crippen molar-refractivity contribution in [2.45, 2.75) is 59.4 Å². The van der Waals surface area contributed by atoms with Crippen molar-refractivity contribution in [1.82, 2.24) is 10.6 Å². The maximum absolute atomic E-state index is 12.2. The molecule has 0 spiro atoms. The topological polar surface area (TPSA) is 50.4 Å². The fourth-order valence-corrected chi connectivity index (χ4v) is 3.68. The average Bonchev–Trinajstić information content (AvgIpc) is 2.67. The smallest absolute Gasteiger partial charge is 0.317 e. The molecule has 0 heterocycles. The molecular formula is C23H30N2O2. The third-order valence-corrected chi connectivity index (χ3v) is 5.54. The van der Waals surface area contributed by atoms with E-state index in [1.165, 1.54) is 36.0 Å². The molecule has 3 rings (SSSR count). The van der Waals surface area contributed by atoms with Crippen molar-refractivity contribution in [2.24, 2.45) is 0 Å². The quantitative estimate of drug-likeness (QED) is 0.741. The molecule has 0 aromatic heterocycles. The Morgan fingerprint density at radius 1 is 1.04 bits per heavy atom. The van der Waals surface area contributed by atoms with Gasteiger partial charge in [-0.15, -0.1) is 0 Å². The molecular weight excluding hydrogens is 336 g/mol. The van der Waals surface area contributed by atoms with Crippen LogP contribution in [0.1, 0.15) is 59.2 Å². The number of fused-ring (bicyclic) bond motifs is 1. The maximum Gasteiger partial charge on any atom is 0.317 e. The fourth-order valence-electron chi connectivity index (χ4n) is 3.68. The van der Waals surface area contributed by atoms with E-state index in [2.05, 4.69) is 41.8 Å². The van der Waals surface area contributed by atoms with Gasteiger partial charge in [-0.1, -0.05) is 30.3 Å². The minimum Gasteiger partial charge on any atom is -0.473 e. The summed E-state index contributed by atoms with van der Waals surface area (Å²) in [5.74, 6) is 0.845. The number of aryl methyl sites for hydroxylation is 4. The summed E-state index contributed by atoms with van der Waals surface area (Å²) in [7, 11) is 0. The molecule has 2 amide bonds. The van der Waals surface area contributed by atoms with Gasteiger partial charge in [0.1, 0.15) is 5.75 Å². The van der Waals surface area contributed by atoms with E-state index in [0.717, 1.165) is 28.9 Å². The lowest BCUT2D eigenvalue weighted by molar-refractivity contribution is 0.220. The third kappa shape index (κ3) is 4.62. The largest absolute Gasteiger partial charge is 0.473 e. The number of amides is 2. The number of urea groups is 1. The second-order valence-corrected chi connectivity index (χ2v) is 7.55. The van der Waals surface area contributed by atoms with Crippen molar-refractivity contribution in [3.63, 3.8) is 0 Å². The number of hydrogen-bond donors (Lipinski definition) is 2. The number of carbonyl (C=O) groups excluding carboxylic acids is 1. The predicted molar refractivity (Wildman–Crippen MR) is 109 cm³/mol. The van der Waals surface area contributed by atoms with Crippen LogP contribution in [-0.2, 0) is 12.8 Å². The third-order valence-electron chi connectivity index (χ3n) is 5.54. The van der Waals surface area contributed by atoms with E-state index >= 15 is 0 Å². The Morgan fingerprint density at radius 2 is 1.74 bits per heavy atom. The van der Waals surface area contributed by atoms with Crippen molar-refractivity contribution >= 4 is 6.03 Å². The summed E-state index contributed by atoms with van der Waals surface area (Å²) >= 11 is 0. The zero-order valence-electron chi connectivity index (χ0n) is 16.8. The molecule has 1 unspecified atom stereocenters. The van der Waals surface area contributed by atoms with Crippen LogP contribution in [0.2, 0.25) is 0 Å². The second-order valence-electron chi connectivity index (χ2n) is 7.55. The molecule has 2 N–H and O–H groups in total. The summed E-state index contributed by atoms with van der Waals surface area (Å²) in [6.07, 6.45) is 4.86. The zero-order chi connectivity index (χ0) is 19.4. The molecule has 0 fully saturated rings. The standard InChI is InChI=1S/C23H30N2O2/c1-15-9-10-16(2)22(17(15)3)27-14-24-23(26)25-18(4)20-12-11-19-7-5-6-8-21(19)13-20/h9-13,18H,5-8,14H2,1-4H3,(H2,24,25,26). The molecule has 0 bridgehead atoms. The van der Waals surface area contributed by atoms with Crippen LogP contribution in [0.15, 0.2) is 30.3 Å². The van der Waals surface area contributed by atoms with Crippen LogP contribution in [0.25, 0.3) is 0 Å². The molecule has 4 heteroatoms. The molecule has 2 aromatic rings. The summed E-state index contributed by atoms with van der Waals surface area (Å²) in [5, 5.41) is 5.80. The van der Waals surface area contributed by atoms with Gasteiger partial charge in [-0.25, -0.2) is 4.79 Å². The van der Waals surface area contributed by atoms with Gasteiger partial charge in [0, 0.05) is 0 Å². The van der Waals surface area contributed by atoms with E-state index in [1.807, 2.05) is 26.8 Å². The van der Waals surface area contributed by atoms with Gasteiger partial charge in [-0.05, 0) is 86.8 Å². The van der Waals surface area contributed by atoms with Crippen LogP contribution >= 0.6 is 0 Å². The number of hydrogen-bond acceptors (Lipinski definition) is 2. The Labute approximate surface area is 162 Å². The van der Waals surface area contributed by atoms with Gasteiger partial charge in [-0.2, -0.15) is 0 Å². The summed E-state index contributed by atoms with van der Waals surface area (Å²) in [6, 6.07) is 10.4. The Bertz CT molecular complexity index is 829. The highest BCUT2D eigenvalue weighted by atomic mass is 16.5. The van der Waals surface area contributed by atoms with Crippen LogP contribution in [0, 0.1) is 20.8 Å². The van der Waals surface area contributed by atoms with Crippen LogP contribution in [-0.4, -0.2) is 12.8 Å². The number of carbonyl (C=O) groups is 1. The molecule has 0 aliphatic heterocycles. The van der Waals surface area contributed by atoms with E-state index in [-0.39, 0.29) is 18.8 Å². The van der Waals surface area contributed by atoms with Gasteiger partial charge in [0.2, 0.25) is 0 Å². The highest BCUT2D eigenvalue weighted by Gasteiger charge is 2.14. The van der Waals surface area contributed by atoms with Crippen LogP contribution in [0.3, 0.4) is 0 Å². The van der Waals surface area contributed by atoms with Crippen LogP contribution in [0.5, 0.6) is 5.75 Å². The Balaban J connectivity index is 1.53. The average molecular weight is 367 g/mol. The summed E-state index contributed by atoms with van der Waals surface area (Å²) < 4.78 is 5.81. The lowest BCUT2D eigenvalue weighted by Crippen LogP contribution is -2.39. The first-order valence-corrected chi connectivity index (χ1v) is 9.81. The van der Waals surface area contributed by atoms with Gasteiger partial charge in [0.25, 0.3) is 0 Å². The normalized spacial score (nSPS) is 14.2. The van der Waals surface area contributed by atoms with Crippen molar-refractivity contribution in [2.75, 3.05) is 6.73 Å². The first-order chi connectivity index (χ1) is 13.0. The van der Waals surface area contributed by atoms with E-state index in [0.29, 0.717) is 0 Å². The molecule has 1 atom stereocenters. The minimum absolute atomic E-state index is 0.0420. The van der Waals surface area contributed by atoms with E-state index < -0.39 is 0 Å². The zero-order valence-corrected chi connectivity index (χ0v) is 16.8. The fraction of sp³-hybridized carbons (Fsp3) is 0.435. The Kier molecular flexibility index (Phi) is 6.04. The van der Waals surface area contributed by atoms with Crippen LogP contribution < -0.4 is 15.4 Å². The number of ether oxygens (including phenoxy) is 1. The van der Waals surface area contributed by atoms with Gasteiger partial charge < -0.3 is 15.4 Å². The van der Waals surface area contributed by atoms with Gasteiger partial charge in [0.15, 0.2) is 6.73 Å². The highest BCUT2D eigenvalue weighted by Crippen LogP contribution is 2.26. The van der Waals surface area contributed by atoms with Crippen LogP contribution in [0.4, 0.5) is 4.79 Å². The lowest BCUT2D eigenvalue weighted by Gasteiger charge is -2.20. The molecule has 0 saturated heterocycles. The monoisotopic (exact) mass is 366 g/mol. The van der Waals surface area contributed by atoms with E-state index in [4.69, 9.17) is 4.74 Å². The van der Waals surface area contributed by atoms with E-state index in [1.54, 1.807) is 0 Å². The van der Waals surface area contributed by atoms with Crippen molar-refractivity contribution in [3.05, 3.63) is 63.7 Å². The lowest BCUT2D eigenvalue weighted by atomic mass is 9.89. The summed E-state index contributed by atoms with van der Waals surface area (Å²) in [5.41, 5.74) is 7.40. The minimum atomic E-state index is -0.219. The molecule has 1 aliphatic carbocycles. The first-order valence-electron chi connectivity index (χ1n) is 9.81. The first kappa shape index (κ1) is 19.3. The number of benzene rings is 2. The SMILES string of the molecule is Cc1ccc(C)c(OCNC(=O)NC(C)c2ccc3c(c2)CCCC3)c1C. The van der Waals surface area contributed by atoms with Gasteiger partial charge in [0.05, 0.1) is 6.04 Å². The molecule has 4 nitrogen and oxygen atoms in total. The van der Waals surface area contributed by atoms with Gasteiger partial charge >= 0.3 is 6.03 Å². The molecule has 144 valence electrons.